The van der Waals surface area contributed by atoms with E-state index in [4.69, 9.17) is 22.7 Å². The van der Waals surface area contributed by atoms with Crippen LogP contribution in [0, 0.1) is 0 Å². The SMILES string of the molecule is Brc1ccccc1Oc1ccc2c(c1)oc1ccccc12.Brc1ccccc1Oc1cccc2c1oc1ccccc12.Brc1ccccc1Sc1ccc2c(c1)sc1ccccc12.Brc1ccccc1Sc1ccc2oc3ccccc3c2c1.Brc1ccccc1Sc1cccc2c1-c1ccccc1C2.Brc1ccccc1Sc1cccc2c1-c1ccccc1C2.Brc1ccccc1Sc1cccc2c1sc1ccccc12. The average molecular weight is 2480 g/mol. The van der Waals surface area contributed by atoms with Crippen molar-refractivity contribution >= 4 is 299 Å². The maximum atomic E-state index is 6.01. The van der Waals surface area contributed by atoms with Crippen LogP contribution in [0.2, 0.25) is 0 Å². The lowest BCUT2D eigenvalue weighted by Crippen LogP contribution is -1.85. The number of halogens is 7. The molecule has 0 N–H and O–H groups in total. The van der Waals surface area contributed by atoms with E-state index in [1.807, 2.05) is 216 Å². The first-order valence-electron chi connectivity index (χ1n) is 47.2. The van der Waals surface area contributed by atoms with Gasteiger partial charge in [0.15, 0.2) is 11.3 Å². The Balaban J connectivity index is 0.0000000974. The molecule has 26 aromatic rings. The number of hydrogen-bond donors (Lipinski definition) is 0. The van der Waals surface area contributed by atoms with E-state index in [-0.39, 0.29) is 0 Å². The van der Waals surface area contributed by atoms with Gasteiger partial charge in [-0.3, -0.25) is 0 Å². The number of ether oxygens (including phenoxy) is 2. The summed E-state index contributed by atoms with van der Waals surface area (Å²) in [6.07, 6.45) is 2.10. The third-order valence-electron chi connectivity index (χ3n) is 24.8. The van der Waals surface area contributed by atoms with Crippen LogP contribution in [0.5, 0.6) is 23.0 Å². The van der Waals surface area contributed by atoms with Gasteiger partial charge in [0.05, 0.1) is 8.95 Å². The normalized spacial score (nSPS) is 11.4. The molecule has 5 nitrogen and oxygen atoms in total. The fourth-order valence-electron chi connectivity index (χ4n) is 17.9. The second kappa shape index (κ2) is 46.5. The number of hydrogen-bond acceptors (Lipinski definition) is 12. The quantitative estimate of drug-likeness (QED) is 0.105. The Morgan fingerprint density at radius 3 is 1.09 bits per heavy atom. The largest absolute Gasteiger partial charge is 0.456 e. The van der Waals surface area contributed by atoms with Crippen molar-refractivity contribution in [3.05, 3.63) is 521 Å². The molecule has 2 aliphatic rings. The minimum absolute atomic E-state index is 0.718. The Morgan fingerprint density at radius 2 is 0.544 bits per heavy atom. The maximum Gasteiger partial charge on any atom is 0.177 e. The second-order valence-electron chi connectivity index (χ2n) is 34.2. The summed E-state index contributed by atoms with van der Waals surface area (Å²) in [6.45, 7) is 0. The highest BCUT2D eigenvalue weighted by molar-refractivity contribution is 9.11. The molecule has 0 aliphatic heterocycles. The van der Waals surface area contributed by atoms with E-state index in [2.05, 4.69) is 421 Å². The Labute approximate surface area is 938 Å². The van der Waals surface area contributed by atoms with Crippen molar-refractivity contribution in [1.29, 1.82) is 0 Å². The zero-order valence-electron chi connectivity index (χ0n) is 77.9. The maximum absolute atomic E-state index is 6.01. The Hall–Kier alpha value is -11.8. The highest BCUT2D eigenvalue weighted by Gasteiger charge is 2.25. The molecule has 5 heterocycles. The van der Waals surface area contributed by atoms with Crippen LogP contribution in [-0.4, -0.2) is 0 Å². The van der Waals surface area contributed by atoms with E-state index in [0.717, 1.165) is 122 Å². The molecular formula is C128H81Br7O5S7. The van der Waals surface area contributed by atoms with E-state index in [1.54, 1.807) is 23.5 Å². The molecular weight excluding hydrogens is 2400 g/mol. The molecule has 0 amide bonds. The van der Waals surface area contributed by atoms with Gasteiger partial charge in [0.25, 0.3) is 0 Å². The molecule has 0 bridgehead atoms. The highest BCUT2D eigenvalue weighted by atomic mass is 79.9. The van der Waals surface area contributed by atoms with Gasteiger partial charge in [-0.25, -0.2) is 0 Å². The predicted octanol–water partition coefficient (Wildman–Crippen LogP) is 45.1. The fourth-order valence-corrected chi connectivity index (χ4v) is 28.6. The first-order chi connectivity index (χ1) is 72.2. The number of para-hydroxylation sites is 6. The molecule has 0 radical (unpaired) electrons. The molecule has 2 aliphatic carbocycles. The lowest BCUT2D eigenvalue weighted by molar-refractivity contribution is 0.473. The lowest BCUT2D eigenvalue weighted by Gasteiger charge is -2.10. The average Bonchev–Trinajstić information content (AvgIpc) is 1.75. The van der Waals surface area contributed by atoms with Crippen molar-refractivity contribution in [3.63, 3.8) is 0 Å². The van der Waals surface area contributed by atoms with Crippen molar-refractivity contribution < 1.29 is 22.7 Å². The summed E-state index contributed by atoms with van der Waals surface area (Å²) in [5, 5.41) is 12.1. The zero-order valence-corrected chi connectivity index (χ0v) is 94.7. The second-order valence-corrected chi connectivity index (χ2v) is 47.8. The molecule has 19 heteroatoms. The number of furan rings is 3. The first-order valence-corrected chi connectivity index (χ1v) is 58.4. The molecule has 0 atom stereocenters. The molecule has 0 spiro atoms. The summed E-state index contributed by atoms with van der Waals surface area (Å²) in [4.78, 5) is 12.7. The first kappa shape index (κ1) is 99.8. The van der Waals surface area contributed by atoms with E-state index in [0.29, 0.717) is 0 Å². The summed E-state index contributed by atoms with van der Waals surface area (Å²) < 4.78 is 42.6. The Kier molecular flexibility index (Phi) is 31.6. The minimum atomic E-state index is 0.718. The zero-order chi connectivity index (χ0) is 99.6. The number of fused-ring (bicyclic) bond motifs is 21. The van der Waals surface area contributed by atoms with Crippen LogP contribution in [-0.2, 0) is 12.8 Å². The summed E-state index contributed by atoms with van der Waals surface area (Å²) >= 11 is 37.9. The van der Waals surface area contributed by atoms with Crippen molar-refractivity contribution in [2.75, 3.05) is 0 Å². The molecule has 0 saturated carbocycles. The fraction of sp³-hybridized carbons (Fsp3) is 0.0156. The summed E-state index contributed by atoms with van der Waals surface area (Å²) in [7, 11) is 0. The van der Waals surface area contributed by atoms with Crippen molar-refractivity contribution in [3.8, 4) is 45.3 Å². The van der Waals surface area contributed by atoms with Gasteiger partial charge in [0.2, 0.25) is 0 Å². The molecule has 21 aromatic carbocycles. The van der Waals surface area contributed by atoms with E-state index < -0.39 is 0 Å². The standard InChI is InChI=1S/2C19H13BrS.2C18H11BrO2.C18H11BrOS.2C18H11BrS2/c2*20-16-9-3-4-10-17(16)21-18-11-5-7-14-12-13-6-1-2-8-15(13)19(14)18;19-14-8-2-4-10-16(14)20-17-11-5-7-13-12-6-1-3-9-15(12)21-18(13)17;19-15-6-2-4-8-17(15)20-12-9-10-14-13-5-1-3-7-16(13)21-18(14)11-12;19-15-6-2-4-8-18(15)21-12-9-10-17-14(11-12)13-5-1-3-7-16(13)20-17;19-14-8-2-4-10-16(14)20-17-11-5-7-13-12-6-1-3-9-15(12)21-18(13)17;19-15-6-2-4-8-17(15)20-12-9-10-14-13-5-1-3-7-16(13)21-18(14)11-12/h2*1-11H,12H2;5*1-11H. The molecule has 5 aromatic heterocycles. The minimum Gasteiger partial charge on any atom is -0.456 e. The third kappa shape index (κ3) is 22.7. The van der Waals surface area contributed by atoms with Gasteiger partial charge in [-0.15, -0.1) is 22.7 Å². The Morgan fingerprint density at radius 1 is 0.204 bits per heavy atom. The van der Waals surface area contributed by atoms with Crippen molar-refractivity contribution in [2.45, 2.75) is 61.8 Å². The number of thiophene rings is 2. The summed E-state index contributed by atoms with van der Waals surface area (Å²) in [5.74, 6) is 3.03. The number of rotatable bonds is 14. The number of benzene rings is 21. The molecule has 28 rings (SSSR count). The third-order valence-corrected chi connectivity index (χ3v) is 38.9. The van der Waals surface area contributed by atoms with E-state index in [9.17, 15) is 0 Å². The van der Waals surface area contributed by atoms with Gasteiger partial charge in [-0.2, -0.15) is 0 Å². The lowest BCUT2D eigenvalue weighted by atomic mass is 10.1. The van der Waals surface area contributed by atoms with Crippen LogP contribution in [0.3, 0.4) is 0 Å². The molecule has 0 saturated heterocycles. The molecule has 0 unspecified atom stereocenters. The van der Waals surface area contributed by atoms with Crippen LogP contribution < -0.4 is 9.47 Å². The van der Waals surface area contributed by atoms with Gasteiger partial charge >= 0.3 is 0 Å². The molecule has 0 fully saturated rings. The van der Waals surface area contributed by atoms with Gasteiger partial charge in [-0.1, -0.05) is 338 Å². The van der Waals surface area contributed by atoms with E-state index >= 15 is 0 Å². The van der Waals surface area contributed by atoms with Crippen molar-refractivity contribution in [1.82, 2.24) is 0 Å². The van der Waals surface area contributed by atoms with Crippen LogP contribution in [0.1, 0.15) is 22.3 Å². The predicted molar refractivity (Wildman–Crippen MR) is 649 cm³/mol. The molecule has 714 valence electrons. The van der Waals surface area contributed by atoms with Crippen LogP contribution >= 0.6 is 193 Å². The summed E-state index contributed by atoms with van der Waals surface area (Å²) in [6, 6.07) is 161. The van der Waals surface area contributed by atoms with Crippen LogP contribution in [0.4, 0.5) is 0 Å². The highest BCUT2D eigenvalue weighted by Crippen LogP contribution is 2.51. The summed E-state index contributed by atoms with van der Waals surface area (Å²) in [5.41, 5.74) is 16.6. The molecule has 147 heavy (non-hydrogen) atoms. The van der Waals surface area contributed by atoms with Gasteiger partial charge in [0, 0.05) is 150 Å². The Bertz CT molecular complexity index is 8880. The smallest absolute Gasteiger partial charge is 0.177 e. The monoisotopic (exact) mass is 2470 g/mol. The topological polar surface area (TPSA) is 57.9 Å². The van der Waals surface area contributed by atoms with Crippen molar-refractivity contribution in [2.24, 2.45) is 0 Å². The van der Waals surface area contributed by atoms with Gasteiger partial charge in [0.1, 0.15) is 45.2 Å². The van der Waals surface area contributed by atoms with Gasteiger partial charge in [-0.05, 0) is 351 Å². The van der Waals surface area contributed by atoms with Crippen LogP contribution in [0.15, 0.2) is 561 Å². The van der Waals surface area contributed by atoms with E-state index in [1.165, 1.54) is 145 Å². The van der Waals surface area contributed by atoms with Gasteiger partial charge < -0.3 is 22.7 Å². The van der Waals surface area contributed by atoms with Crippen LogP contribution in [0.25, 0.3) is 128 Å².